The first-order valence-corrected chi connectivity index (χ1v) is 9.39. The van der Waals surface area contributed by atoms with Crippen LogP contribution in [0.25, 0.3) is 10.9 Å². The lowest BCUT2D eigenvalue weighted by atomic mass is 10.0. The fourth-order valence-electron chi connectivity index (χ4n) is 3.50. The van der Waals surface area contributed by atoms with Crippen LogP contribution in [0.4, 0.5) is 0 Å². The summed E-state index contributed by atoms with van der Waals surface area (Å²) in [5.41, 5.74) is 1.78. The number of carbonyl (C=O) groups is 3. The third kappa shape index (κ3) is 4.87. The number of likely N-dealkylation sites (tertiary alicyclic amines) is 1. The van der Waals surface area contributed by atoms with E-state index in [0.29, 0.717) is 19.5 Å². The molecule has 27 heavy (non-hydrogen) atoms. The maximum atomic E-state index is 12.3. The number of carboxylic acids is 1. The Morgan fingerprint density at radius 3 is 2.85 bits per heavy atom. The van der Waals surface area contributed by atoms with Gasteiger partial charge in [0, 0.05) is 49.5 Å². The van der Waals surface area contributed by atoms with Crippen molar-refractivity contribution in [2.75, 3.05) is 13.1 Å². The van der Waals surface area contributed by atoms with Crippen LogP contribution < -0.4 is 5.32 Å². The van der Waals surface area contributed by atoms with Crippen molar-refractivity contribution in [2.45, 2.75) is 44.6 Å². The Kier molecular flexibility index (Phi) is 6.11. The second-order valence-corrected chi connectivity index (χ2v) is 6.96. The third-order valence-corrected chi connectivity index (χ3v) is 5.01. The summed E-state index contributed by atoms with van der Waals surface area (Å²) in [5, 5.41) is 13.1. The molecule has 2 amide bonds. The Hall–Kier alpha value is -2.83. The first-order valence-electron chi connectivity index (χ1n) is 9.39. The molecule has 3 rings (SSSR count). The Morgan fingerprint density at radius 2 is 2.04 bits per heavy atom. The standard InChI is InChI=1S/C20H25N3O4/c24-18(9-11-23-10-5-1-2-8-19(23)25)22-17(20(26)27)12-14-13-21-16-7-4-3-6-15(14)16/h3-4,6-7,13,17,21H,1-2,5,8-12H2,(H,22,24)(H,26,27)/t17-/m0/s1. The van der Waals surface area contributed by atoms with Gasteiger partial charge in [-0.15, -0.1) is 0 Å². The van der Waals surface area contributed by atoms with Gasteiger partial charge in [0.25, 0.3) is 0 Å². The molecule has 0 unspecified atom stereocenters. The highest BCUT2D eigenvalue weighted by Gasteiger charge is 2.23. The van der Waals surface area contributed by atoms with E-state index < -0.39 is 12.0 Å². The van der Waals surface area contributed by atoms with E-state index in [2.05, 4.69) is 10.3 Å². The molecule has 0 bridgehead atoms. The van der Waals surface area contributed by atoms with Gasteiger partial charge in [-0.2, -0.15) is 0 Å². The molecule has 1 aliphatic rings. The number of aromatic nitrogens is 1. The van der Waals surface area contributed by atoms with Crippen molar-refractivity contribution >= 4 is 28.7 Å². The van der Waals surface area contributed by atoms with Crippen molar-refractivity contribution in [3.63, 3.8) is 0 Å². The Bertz CT molecular complexity index is 829. The number of carbonyl (C=O) groups excluding carboxylic acids is 2. The number of nitrogens with one attached hydrogen (secondary N) is 2. The minimum atomic E-state index is -1.07. The molecular formula is C20H25N3O4. The highest BCUT2D eigenvalue weighted by atomic mass is 16.4. The lowest BCUT2D eigenvalue weighted by Gasteiger charge is -2.21. The number of para-hydroxylation sites is 1. The third-order valence-electron chi connectivity index (χ3n) is 5.01. The molecule has 1 aromatic heterocycles. The van der Waals surface area contributed by atoms with Crippen LogP contribution in [0.2, 0.25) is 0 Å². The molecule has 1 aromatic carbocycles. The van der Waals surface area contributed by atoms with E-state index >= 15 is 0 Å². The highest BCUT2D eigenvalue weighted by molar-refractivity contribution is 5.87. The van der Waals surface area contributed by atoms with Crippen LogP contribution >= 0.6 is 0 Å². The second kappa shape index (κ2) is 8.70. The first-order chi connectivity index (χ1) is 13.0. The number of fused-ring (bicyclic) bond motifs is 1. The Morgan fingerprint density at radius 1 is 1.22 bits per heavy atom. The predicted molar refractivity (Wildman–Crippen MR) is 101 cm³/mol. The minimum Gasteiger partial charge on any atom is -0.480 e. The van der Waals surface area contributed by atoms with Crippen molar-refractivity contribution in [3.8, 4) is 0 Å². The van der Waals surface area contributed by atoms with Gasteiger partial charge in [-0.3, -0.25) is 9.59 Å². The number of amides is 2. The summed E-state index contributed by atoms with van der Waals surface area (Å²) in [5.74, 6) is -1.34. The molecular weight excluding hydrogens is 346 g/mol. The first kappa shape index (κ1) is 18.9. The molecule has 144 valence electrons. The minimum absolute atomic E-state index is 0.0777. The zero-order valence-electron chi connectivity index (χ0n) is 15.2. The molecule has 7 heteroatoms. The van der Waals surface area contributed by atoms with Crippen molar-refractivity contribution in [1.29, 1.82) is 0 Å². The van der Waals surface area contributed by atoms with E-state index in [0.717, 1.165) is 35.7 Å². The van der Waals surface area contributed by atoms with Gasteiger partial charge in [0.05, 0.1) is 0 Å². The van der Waals surface area contributed by atoms with Crippen molar-refractivity contribution < 1.29 is 19.5 Å². The summed E-state index contributed by atoms with van der Waals surface area (Å²) in [6.45, 7) is 1.01. The summed E-state index contributed by atoms with van der Waals surface area (Å²) in [6, 6.07) is 6.64. The maximum absolute atomic E-state index is 12.3. The van der Waals surface area contributed by atoms with Crippen LogP contribution in [-0.4, -0.2) is 51.9 Å². The number of benzene rings is 1. The van der Waals surface area contributed by atoms with Gasteiger partial charge in [-0.25, -0.2) is 4.79 Å². The largest absolute Gasteiger partial charge is 0.480 e. The van der Waals surface area contributed by atoms with Crippen LogP contribution in [0.15, 0.2) is 30.5 Å². The molecule has 1 saturated heterocycles. The smallest absolute Gasteiger partial charge is 0.326 e. The maximum Gasteiger partial charge on any atom is 0.326 e. The molecule has 2 aromatic rings. The Balaban J connectivity index is 1.58. The van der Waals surface area contributed by atoms with E-state index in [-0.39, 0.29) is 24.7 Å². The number of nitrogens with zero attached hydrogens (tertiary/aromatic N) is 1. The predicted octanol–water partition coefficient (Wildman–Crippen LogP) is 2.07. The number of carboxylic acid groups (broad SMARTS) is 1. The average Bonchev–Trinajstić information content (AvgIpc) is 2.94. The fraction of sp³-hybridized carbons (Fsp3) is 0.450. The van der Waals surface area contributed by atoms with Crippen LogP contribution in [0.5, 0.6) is 0 Å². The van der Waals surface area contributed by atoms with Gasteiger partial charge in [0.2, 0.25) is 11.8 Å². The lowest BCUT2D eigenvalue weighted by molar-refractivity contribution is -0.142. The summed E-state index contributed by atoms with van der Waals surface area (Å²) in [6.07, 6.45) is 5.50. The normalized spacial score (nSPS) is 16.1. The van der Waals surface area contributed by atoms with Crippen LogP contribution in [0, 0.1) is 0 Å². The van der Waals surface area contributed by atoms with Gasteiger partial charge in [-0.1, -0.05) is 24.6 Å². The van der Waals surface area contributed by atoms with E-state index in [1.165, 1.54) is 0 Å². The van der Waals surface area contributed by atoms with Crippen molar-refractivity contribution in [2.24, 2.45) is 0 Å². The molecule has 0 saturated carbocycles. The number of H-pyrrole nitrogens is 1. The summed E-state index contributed by atoms with van der Waals surface area (Å²) < 4.78 is 0. The van der Waals surface area contributed by atoms with E-state index in [4.69, 9.17) is 0 Å². The molecule has 0 radical (unpaired) electrons. The number of hydrogen-bond donors (Lipinski definition) is 3. The highest BCUT2D eigenvalue weighted by Crippen LogP contribution is 2.19. The van der Waals surface area contributed by atoms with Gasteiger partial charge in [-0.05, 0) is 24.5 Å². The van der Waals surface area contributed by atoms with Gasteiger partial charge >= 0.3 is 5.97 Å². The number of aromatic amines is 1. The molecule has 2 heterocycles. The zero-order chi connectivity index (χ0) is 19.2. The van der Waals surface area contributed by atoms with Crippen LogP contribution in [0.3, 0.4) is 0 Å². The van der Waals surface area contributed by atoms with E-state index in [1.54, 1.807) is 11.1 Å². The molecule has 3 N–H and O–H groups in total. The van der Waals surface area contributed by atoms with E-state index in [9.17, 15) is 19.5 Å². The average molecular weight is 371 g/mol. The lowest BCUT2D eigenvalue weighted by Crippen LogP contribution is -2.43. The Labute approximate surface area is 157 Å². The summed E-state index contributed by atoms with van der Waals surface area (Å²) >= 11 is 0. The number of aliphatic carboxylic acids is 1. The topological polar surface area (TPSA) is 103 Å². The van der Waals surface area contributed by atoms with Crippen LogP contribution in [0.1, 0.15) is 37.7 Å². The zero-order valence-corrected chi connectivity index (χ0v) is 15.2. The molecule has 1 aliphatic heterocycles. The van der Waals surface area contributed by atoms with E-state index in [1.807, 2.05) is 24.3 Å². The molecule has 1 atom stereocenters. The van der Waals surface area contributed by atoms with Gasteiger partial charge < -0.3 is 20.3 Å². The summed E-state index contributed by atoms with van der Waals surface area (Å²) in [7, 11) is 0. The van der Waals surface area contributed by atoms with Gasteiger partial charge in [0.1, 0.15) is 6.04 Å². The SMILES string of the molecule is O=C(CCN1CCCCCC1=O)N[C@@H](Cc1c[nH]c2ccccc12)C(=O)O. The molecule has 0 spiro atoms. The molecule has 7 nitrogen and oxygen atoms in total. The monoisotopic (exact) mass is 371 g/mol. The quantitative estimate of drug-likeness (QED) is 0.693. The fourth-order valence-corrected chi connectivity index (χ4v) is 3.50. The van der Waals surface area contributed by atoms with Crippen molar-refractivity contribution in [3.05, 3.63) is 36.0 Å². The number of hydrogen-bond acceptors (Lipinski definition) is 3. The van der Waals surface area contributed by atoms with Crippen molar-refractivity contribution in [1.82, 2.24) is 15.2 Å². The molecule has 0 aliphatic carbocycles. The van der Waals surface area contributed by atoms with Gasteiger partial charge in [0.15, 0.2) is 0 Å². The van der Waals surface area contributed by atoms with Crippen LogP contribution in [-0.2, 0) is 20.8 Å². The summed E-state index contributed by atoms with van der Waals surface area (Å²) in [4.78, 5) is 40.7. The second-order valence-electron chi connectivity index (χ2n) is 6.96. The molecule has 1 fully saturated rings. The number of rotatable bonds is 7.